The first-order valence-corrected chi connectivity index (χ1v) is 5.77. The minimum atomic E-state index is -0.477. The van der Waals surface area contributed by atoms with Crippen molar-refractivity contribution in [2.75, 3.05) is 12.8 Å². The van der Waals surface area contributed by atoms with Crippen molar-refractivity contribution in [2.24, 2.45) is 0 Å². The van der Waals surface area contributed by atoms with Gasteiger partial charge >= 0.3 is 0 Å². The maximum Gasteiger partial charge on any atom is 0.256 e. The highest BCUT2D eigenvalue weighted by Crippen LogP contribution is 2.16. The SMILES string of the molecule is CN(Cc1ccncc1)C(=O)c1cc(F)ccc1N. The number of nitrogens with zero attached hydrogens (tertiary/aromatic N) is 2. The van der Waals surface area contributed by atoms with Crippen LogP contribution in [-0.4, -0.2) is 22.8 Å². The fourth-order valence-electron chi connectivity index (χ4n) is 1.75. The van der Waals surface area contributed by atoms with E-state index in [1.165, 1.54) is 17.0 Å². The minimum Gasteiger partial charge on any atom is -0.398 e. The molecule has 1 aromatic carbocycles. The first kappa shape index (κ1) is 13.0. The maximum absolute atomic E-state index is 13.2. The molecule has 1 aromatic heterocycles. The van der Waals surface area contributed by atoms with Crippen molar-refractivity contribution in [1.82, 2.24) is 9.88 Å². The molecule has 4 nitrogen and oxygen atoms in total. The zero-order chi connectivity index (χ0) is 13.8. The highest BCUT2D eigenvalue weighted by Gasteiger charge is 2.15. The number of amides is 1. The monoisotopic (exact) mass is 259 g/mol. The molecule has 5 heteroatoms. The van der Waals surface area contributed by atoms with E-state index in [-0.39, 0.29) is 17.2 Å². The van der Waals surface area contributed by atoms with Crippen LogP contribution in [0.2, 0.25) is 0 Å². The Morgan fingerprint density at radius 2 is 2.00 bits per heavy atom. The Kier molecular flexibility index (Phi) is 3.75. The molecule has 0 fully saturated rings. The van der Waals surface area contributed by atoms with Gasteiger partial charge in [0.15, 0.2) is 0 Å². The molecule has 0 aliphatic carbocycles. The summed E-state index contributed by atoms with van der Waals surface area (Å²) >= 11 is 0. The number of nitrogen functional groups attached to an aromatic ring is 1. The van der Waals surface area contributed by atoms with Gasteiger partial charge in [-0.05, 0) is 35.9 Å². The fraction of sp³-hybridized carbons (Fsp3) is 0.143. The van der Waals surface area contributed by atoms with Crippen molar-refractivity contribution >= 4 is 11.6 Å². The summed E-state index contributed by atoms with van der Waals surface area (Å²) in [5, 5.41) is 0. The lowest BCUT2D eigenvalue weighted by molar-refractivity contribution is 0.0785. The van der Waals surface area contributed by atoms with E-state index in [9.17, 15) is 9.18 Å². The van der Waals surface area contributed by atoms with Crippen LogP contribution in [0.15, 0.2) is 42.7 Å². The molecule has 0 saturated heterocycles. The number of nitrogens with two attached hydrogens (primary N) is 1. The lowest BCUT2D eigenvalue weighted by atomic mass is 10.1. The van der Waals surface area contributed by atoms with E-state index in [1.807, 2.05) is 12.1 Å². The third-order valence-corrected chi connectivity index (χ3v) is 2.76. The van der Waals surface area contributed by atoms with Gasteiger partial charge in [-0.2, -0.15) is 0 Å². The number of pyridine rings is 1. The predicted molar refractivity (Wildman–Crippen MR) is 70.8 cm³/mol. The topological polar surface area (TPSA) is 59.2 Å². The van der Waals surface area contributed by atoms with E-state index in [1.54, 1.807) is 19.4 Å². The molecule has 0 atom stereocenters. The summed E-state index contributed by atoms with van der Waals surface area (Å²) in [7, 11) is 1.65. The quantitative estimate of drug-likeness (QED) is 0.858. The molecule has 2 rings (SSSR count). The van der Waals surface area contributed by atoms with Gasteiger partial charge in [-0.1, -0.05) is 0 Å². The van der Waals surface area contributed by atoms with Crippen molar-refractivity contribution in [3.63, 3.8) is 0 Å². The number of anilines is 1. The number of hydrogen-bond acceptors (Lipinski definition) is 3. The highest BCUT2D eigenvalue weighted by molar-refractivity contribution is 5.98. The number of carbonyl (C=O) groups is 1. The first-order chi connectivity index (χ1) is 9.08. The second-order valence-corrected chi connectivity index (χ2v) is 4.25. The second-order valence-electron chi connectivity index (χ2n) is 4.25. The van der Waals surface area contributed by atoms with E-state index < -0.39 is 5.82 Å². The number of aromatic nitrogens is 1. The Balaban J connectivity index is 2.17. The molecule has 1 amide bonds. The molecular formula is C14H14FN3O. The second kappa shape index (κ2) is 5.48. The van der Waals surface area contributed by atoms with Gasteiger partial charge in [-0.3, -0.25) is 9.78 Å². The van der Waals surface area contributed by atoms with Gasteiger partial charge in [-0.15, -0.1) is 0 Å². The Bertz CT molecular complexity index is 586. The van der Waals surface area contributed by atoms with Crippen molar-refractivity contribution < 1.29 is 9.18 Å². The summed E-state index contributed by atoms with van der Waals surface area (Å²) in [6, 6.07) is 7.41. The van der Waals surface area contributed by atoms with Crippen molar-refractivity contribution in [2.45, 2.75) is 6.54 Å². The van der Waals surface area contributed by atoms with Crippen LogP contribution >= 0.6 is 0 Å². The van der Waals surface area contributed by atoms with Gasteiger partial charge in [-0.25, -0.2) is 4.39 Å². The van der Waals surface area contributed by atoms with Gasteiger partial charge in [0.25, 0.3) is 5.91 Å². The standard InChI is InChI=1S/C14H14FN3O/c1-18(9-10-4-6-17-7-5-10)14(19)12-8-11(15)2-3-13(12)16/h2-8H,9,16H2,1H3. The largest absolute Gasteiger partial charge is 0.398 e. The Morgan fingerprint density at radius 1 is 1.32 bits per heavy atom. The molecule has 0 bridgehead atoms. The maximum atomic E-state index is 13.2. The van der Waals surface area contributed by atoms with Gasteiger partial charge < -0.3 is 10.6 Å². The molecular weight excluding hydrogens is 245 g/mol. The molecule has 2 N–H and O–H groups in total. The summed E-state index contributed by atoms with van der Waals surface area (Å²) in [4.78, 5) is 17.6. The van der Waals surface area contributed by atoms with Crippen LogP contribution in [0.3, 0.4) is 0 Å². The van der Waals surface area contributed by atoms with Crippen LogP contribution in [0.4, 0.5) is 10.1 Å². The van der Waals surface area contributed by atoms with Crippen LogP contribution in [0.25, 0.3) is 0 Å². The molecule has 0 unspecified atom stereocenters. The third kappa shape index (κ3) is 3.07. The van der Waals surface area contributed by atoms with Gasteiger partial charge in [0, 0.05) is 31.7 Å². The van der Waals surface area contributed by atoms with Gasteiger partial charge in [0.1, 0.15) is 5.82 Å². The Labute approximate surface area is 110 Å². The molecule has 1 heterocycles. The van der Waals surface area contributed by atoms with Crippen molar-refractivity contribution in [1.29, 1.82) is 0 Å². The number of carbonyl (C=O) groups excluding carboxylic acids is 1. The fourth-order valence-corrected chi connectivity index (χ4v) is 1.75. The minimum absolute atomic E-state index is 0.177. The summed E-state index contributed by atoms with van der Waals surface area (Å²) in [6.07, 6.45) is 3.31. The third-order valence-electron chi connectivity index (χ3n) is 2.76. The van der Waals surface area contributed by atoms with Gasteiger partial charge in [0.05, 0.1) is 5.56 Å². The highest BCUT2D eigenvalue weighted by atomic mass is 19.1. The first-order valence-electron chi connectivity index (χ1n) is 5.77. The zero-order valence-electron chi connectivity index (χ0n) is 10.5. The van der Waals surface area contributed by atoms with E-state index in [2.05, 4.69) is 4.98 Å². The molecule has 0 spiro atoms. The van der Waals surface area contributed by atoms with E-state index in [4.69, 9.17) is 5.73 Å². The molecule has 0 aliphatic rings. The molecule has 0 saturated carbocycles. The molecule has 2 aromatic rings. The van der Waals surface area contributed by atoms with Crippen molar-refractivity contribution in [3.8, 4) is 0 Å². The van der Waals surface area contributed by atoms with E-state index in [0.717, 1.165) is 11.6 Å². The van der Waals surface area contributed by atoms with Crippen LogP contribution in [0.1, 0.15) is 15.9 Å². The molecule has 98 valence electrons. The average molecular weight is 259 g/mol. The van der Waals surface area contributed by atoms with E-state index >= 15 is 0 Å². The zero-order valence-corrected chi connectivity index (χ0v) is 10.5. The number of benzene rings is 1. The summed E-state index contributed by atoms with van der Waals surface area (Å²) in [6.45, 7) is 0.414. The number of halogens is 1. The van der Waals surface area contributed by atoms with Gasteiger partial charge in [0.2, 0.25) is 0 Å². The van der Waals surface area contributed by atoms with E-state index in [0.29, 0.717) is 6.54 Å². The van der Waals surface area contributed by atoms with Crippen molar-refractivity contribution in [3.05, 3.63) is 59.7 Å². The van der Waals surface area contributed by atoms with Crippen LogP contribution < -0.4 is 5.73 Å². The van der Waals surface area contributed by atoms with Crippen LogP contribution in [0, 0.1) is 5.82 Å². The molecule has 19 heavy (non-hydrogen) atoms. The Morgan fingerprint density at radius 3 is 2.68 bits per heavy atom. The summed E-state index contributed by atoms with van der Waals surface area (Å²) < 4.78 is 13.2. The lowest BCUT2D eigenvalue weighted by Gasteiger charge is -2.18. The number of rotatable bonds is 3. The normalized spacial score (nSPS) is 10.2. The molecule has 0 aliphatic heterocycles. The smallest absolute Gasteiger partial charge is 0.256 e. The lowest BCUT2D eigenvalue weighted by Crippen LogP contribution is -2.27. The average Bonchev–Trinajstić information content (AvgIpc) is 2.42. The molecule has 0 radical (unpaired) electrons. The summed E-state index contributed by atoms with van der Waals surface area (Å²) in [5.74, 6) is -0.788. The van der Waals surface area contributed by atoms with Crippen LogP contribution in [-0.2, 0) is 6.54 Å². The number of hydrogen-bond donors (Lipinski definition) is 1. The Hall–Kier alpha value is -2.43. The predicted octanol–water partition coefficient (Wildman–Crippen LogP) is 2.08. The summed E-state index contributed by atoms with van der Waals surface area (Å²) in [5.41, 5.74) is 7.09. The van der Waals surface area contributed by atoms with Crippen LogP contribution in [0.5, 0.6) is 0 Å².